The molecule has 1 rings (SSSR count). The van der Waals surface area contributed by atoms with Gasteiger partial charge in [0.05, 0.1) is 21.3 Å². The lowest BCUT2D eigenvalue weighted by atomic mass is 10.0. The second-order valence-electron chi connectivity index (χ2n) is 4.01. The number of esters is 1. The van der Waals surface area contributed by atoms with E-state index in [1.807, 2.05) is 19.1 Å². The van der Waals surface area contributed by atoms with Gasteiger partial charge in [-0.05, 0) is 37.0 Å². The number of aryl methyl sites for hydroxylation is 1. The van der Waals surface area contributed by atoms with Crippen LogP contribution in [0.4, 0.5) is 0 Å². The molecule has 0 fully saturated rings. The van der Waals surface area contributed by atoms with E-state index >= 15 is 0 Å². The molecule has 0 saturated heterocycles. The van der Waals surface area contributed by atoms with Crippen molar-refractivity contribution in [1.29, 1.82) is 0 Å². The van der Waals surface area contributed by atoms with Gasteiger partial charge in [-0.15, -0.1) is 0 Å². The summed E-state index contributed by atoms with van der Waals surface area (Å²) in [6.45, 7) is 1.99. The number of hydrogen-bond acceptors (Lipinski definition) is 4. The molecule has 0 aliphatic heterocycles. The molecule has 0 N–H and O–H groups in total. The highest BCUT2D eigenvalue weighted by atomic mass is 16.5. The minimum absolute atomic E-state index is 0.173. The van der Waals surface area contributed by atoms with Crippen LogP contribution in [0.3, 0.4) is 0 Å². The van der Waals surface area contributed by atoms with E-state index in [-0.39, 0.29) is 5.97 Å². The van der Waals surface area contributed by atoms with E-state index in [4.69, 9.17) is 9.47 Å². The first kappa shape index (κ1) is 14.4. The summed E-state index contributed by atoms with van der Waals surface area (Å²) < 4.78 is 15.2. The summed E-state index contributed by atoms with van der Waals surface area (Å²) in [6.07, 6.45) is 2.02. The lowest BCUT2D eigenvalue weighted by Gasteiger charge is -2.14. The maximum absolute atomic E-state index is 11.0. The molecular formula is C14H20O4. The molecule has 0 saturated carbocycles. The number of carbonyl (C=O) groups excluding carboxylic acids is 1. The SMILES string of the molecule is COC(=O)CCCc1ccc(OC)c(OC)c1C. The maximum atomic E-state index is 11.0. The highest BCUT2D eigenvalue weighted by Gasteiger charge is 2.11. The summed E-state index contributed by atoms with van der Waals surface area (Å²) >= 11 is 0. The Morgan fingerprint density at radius 3 is 2.44 bits per heavy atom. The van der Waals surface area contributed by atoms with Crippen molar-refractivity contribution in [2.45, 2.75) is 26.2 Å². The first-order valence-electron chi connectivity index (χ1n) is 5.91. The Hall–Kier alpha value is -1.71. The molecular weight excluding hydrogens is 232 g/mol. The molecule has 100 valence electrons. The first-order valence-corrected chi connectivity index (χ1v) is 5.91. The third-order valence-corrected chi connectivity index (χ3v) is 2.96. The zero-order valence-corrected chi connectivity index (χ0v) is 11.4. The Morgan fingerprint density at radius 2 is 1.89 bits per heavy atom. The van der Waals surface area contributed by atoms with Crippen LogP contribution in [-0.4, -0.2) is 27.3 Å². The molecule has 4 heteroatoms. The largest absolute Gasteiger partial charge is 0.493 e. The van der Waals surface area contributed by atoms with Crippen molar-refractivity contribution in [3.8, 4) is 11.5 Å². The average molecular weight is 252 g/mol. The summed E-state index contributed by atoms with van der Waals surface area (Å²) in [4.78, 5) is 11.0. The Kier molecular flexibility index (Phi) is 5.49. The number of ether oxygens (including phenoxy) is 3. The molecule has 0 aliphatic carbocycles. The number of hydrogen-bond donors (Lipinski definition) is 0. The fourth-order valence-corrected chi connectivity index (χ4v) is 1.92. The molecule has 0 aromatic heterocycles. The minimum atomic E-state index is -0.173. The Balaban J connectivity index is 2.75. The highest BCUT2D eigenvalue weighted by molar-refractivity contribution is 5.69. The summed E-state index contributed by atoms with van der Waals surface area (Å²) in [5.41, 5.74) is 2.22. The van der Waals surface area contributed by atoms with E-state index in [1.165, 1.54) is 7.11 Å². The van der Waals surface area contributed by atoms with Crippen LogP contribution in [0.25, 0.3) is 0 Å². The molecule has 4 nitrogen and oxygen atoms in total. The van der Waals surface area contributed by atoms with Crippen LogP contribution >= 0.6 is 0 Å². The van der Waals surface area contributed by atoms with Crippen molar-refractivity contribution in [2.75, 3.05) is 21.3 Å². The topological polar surface area (TPSA) is 44.8 Å². The monoisotopic (exact) mass is 252 g/mol. The third-order valence-electron chi connectivity index (χ3n) is 2.96. The van der Waals surface area contributed by atoms with Gasteiger partial charge < -0.3 is 14.2 Å². The summed E-state index contributed by atoms with van der Waals surface area (Å²) in [5.74, 6) is 1.31. The first-order chi connectivity index (χ1) is 8.63. The van der Waals surface area contributed by atoms with Gasteiger partial charge in [0.15, 0.2) is 11.5 Å². The van der Waals surface area contributed by atoms with Crippen molar-refractivity contribution in [2.24, 2.45) is 0 Å². The zero-order chi connectivity index (χ0) is 13.5. The summed E-state index contributed by atoms with van der Waals surface area (Å²) in [7, 11) is 4.65. The van der Waals surface area contributed by atoms with Crippen LogP contribution in [0.15, 0.2) is 12.1 Å². The molecule has 0 bridgehead atoms. The van der Waals surface area contributed by atoms with Crippen LogP contribution in [0.5, 0.6) is 11.5 Å². The fourth-order valence-electron chi connectivity index (χ4n) is 1.92. The quantitative estimate of drug-likeness (QED) is 0.730. The van der Waals surface area contributed by atoms with Gasteiger partial charge in [0.1, 0.15) is 0 Å². The van der Waals surface area contributed by atoms with Gasteiger partial charge in [-0.25, -0.2) is 0 Å². The minimum Gasteiger partial charge on any atom is -0.493 e. The van der Waals surface area contributed by atoms with Crippen LogP contribution in [0.2, 0.25) is 0 Å². The molecule has 0 unspecified atom stereocenters. The van der Waals surface area contributed by atoms with E-state index in [9.17, 15) is 4.79 Å². The van der Waals surface area contributed by atoms with E-state index in [0.29, 0.717) is 6.42 Å². The van der Waals surface area contributed by atoms with Gasteiger partial charge in [-0.2, -0.15) is 0 Å². The number of rotatable bonds is 6. The van der Waals surface area contributed by atoms with Crippen LogP contribution in [-0.2, 0) is 16.0 Å². The van der Waals surface area contributed by atoms with E-state index < -0.39 is 0 Å². The van der Waals surface area contributed by atoms with Gasteiger partial charge in [-0.3, -0.25) is 4.79 Å². The van der Waals surface area contributed by atoms with Crippen LogP contribution in [0, 0.1) is 6.92 Å². The van der Waals surface area contributed by atoms with Crippen molar-refractivity contribution in [3.05, 3.63) is 23.3 Å². The molecule has 0 amide bonds. The Bertz CT molecular complexity index is 413. The molecule has 0 aliphatic rings. The lowest BCUT2D eigenvalue weighted by molar-refractivity contribution is -0.140. The Labute approximate surface area is 108 Å². The van der Waals surface area contributed by atoms with E-state index in [0.717, 1.165) is 35.5 Å². The molecule has 0 radical (unpaired) electrons. The number of benzene rings is 1. The summed E-state index contributed by atoms with van der Waals surface area (Å²) in [5, 5.41) is 0. The van der Waals surface area contributed by atoms with Gasteiger partial charge >= 0.3 is 5.97 Å². The van der Waals surface area contributed by atoms with Gasteiger partial charge in [0.25, 0.3) is 0 Å². The molecule has 1 aromatic rings. The van der Waals surface area contributed by atoms with E-state index in [1.54, 1.807) is 14.2 Å². The zero-order valence-electron chi connectivity index (χ0n) is 11.4. The second kappa shape index (κ2) is 6.89. The lowest BCUT2D eigenvalue weighted by Crippen LogP contribution is -2.02. The molecule has 18 heavy (non-hydrogen) atoms. The summed E-state index contributed by atoms with van der Waals surface area (Å²) in [6, 6.07) is 3.90. The standard InChI is InChI=1S/C14H20O4/c1-10-11(6-5-7-13(15)17-3)8-9-12(16-2)14(10)18-4/h8-9H,5-7H2,1-4H3. The van der Waals surface area contributed by atoms with Crippen molar-refractivity contribution >= 4 is 5.97 Å². The average Bonchev–Trinajstić information content (AvgIpc) is 2.39. The normalized spacial score (nSPS) is 10.0. The van der Waals surface area contributed by atoms with E-state index in [2.05, 4.69) is 4.74 Å². The third kappa shape index (κ3) is 3.39. The van der Waals surface area contributed by atoms with Gasteiger partial charge in [-0.1, -0.05) is 6.07 Å². The smallest absolute Gasteiger partial charge is 0.305 e. The fraction of sp³-hybridized carbons (Fsp3) is 0.500. The van der Waals surface area contributed by atoms with Crippen molar-refractivity contribution in [3.63, 3.8) is 0 Å². The van der Waals surface area contributed by atoms with Crippen molar-refractivity contribution < 1.29 is 19.0 Å². The predicted molar refractivity (Wildman–Crippen MR) is 69.2 cm³/mol. The highest BCUT2D eigenvalue weighted by Crippen LogP contribution is 2.33. The number of carbonyl (C=O) groups is 1. The van der Waals surface area contributed by atoms with Crippen LogP contribution < -0.4 is 9.47 Å². The number of methoxy groups -OCH3 is 3. The van der Waals surface area contributed by atoms with Crippen LogP contribution in [0.1, 0.15) is 24.0 Å². The van der Waals surface area contributed by atoms with Crippen molar-refractivity contribution in [1.82, 2.24) is 0 Å². The predicted octanol–water partition coefficient (Wildman–Crippen LogP) is 2.51. The molecule has 0 heterocycles. The Morgan fingerprint density at radius 1 is 1.17 bits per heavy atom. The molecule has 1 aromatic carbocycles. The maximum Gasteiger partial charge on any atom is 0.305 e. The molecule has 0 spiro atoms. The van der Waals surface area contributed by atoms with Gasteiger partial charge in [0, 0.05) is 6.42 Å². The van der Waals surface area contributed by atoms with Gasteiger partial charge in [0.2, 0.25) is 0 Å². The molecule has 0 atom stereocenters. The second-order valence-corrected chi connectivity index (χ2v) is 4.01.